The van der Waals surface area contributed by atoms with Crippen molar-refractivity contribution in [2.45, 2.75) is 20.3 Å². The number of rotatable bonds is 5. The molecule has 10 heteroatoms. The van der Waals surface area contributed by atoms with Gasteiger partial charge in [-0.1, -0.05) is 11.6 Å². The molecule has 0 bridgehead atoms. The van der Waals surface area contributed by atoms with Gasteiger partial charge in [-0.05, 0) is 54.6 Å². The third kappa shape index (κ3) is 3.43. The normalized spacial score (nSPS) is 13.0. The Bertz CT molecular complexity index is 1190. The summed E-state index contributed by atoms with van der Waals surface area (Å²) in [6.07, 6.45) is -0.169. The molecule has 2 aromatic carbocycles. The number of tetrazole rings is 1. The fourth-order valence-corrected chi connectivity index (χ4v) is 3.24. The van der Waals surface area contributed by atoms with E-state index >= 15 is 0 Å². The number of aryl methyl sites for hydroxylation is 2. The molecule has 1 aliphatic rings. The van der Waals surface area contributed by atoms with Gasteiger partial charge in [0.05, 0.1) is 22.5 Å². The molecule has 4 rings (SSSR count). The second-order valence-corrected chi connectivity index (χ2v) is 6.91. The van der Waals surface area contributed by atoms with Crippen LogP contribution in [0.5, 0.6) is 0 Å². The second kappa shape index (κ2) is 7.47. The number of carbonyl (C=O) groups is 3. The maximum atomic E-state index is 14.2. The molecule has 30 heavy (non-hydrogen) atoms. The first-order valence-electron chi connectivity index (χ1n) is 9.17. The number of benzene rings is 2. The van der Waals surface area contributed by atoms with Gasteiger partial charge in [-0.2, -0.15) is 4.68 Å². The predicted octanol–water partition coefficient (Wildman–Crippen LogP) is 2.04. The van der Waals surface area contributed by atoms with Gasteiger partial charge in [-0.25, -0.2) is 4.39 Å². The van der Waals surface area contributed by atoms with Crippen LogP contribution in [-0.4, -0.2) is 49.4 Å². The van der Waals surface area contributed by atoms with Gasteiger partial charge in [0, 0.05) is 13.0 Å². The van der Waals surface area contributed by atoms with E-state index in [1.807, 2.05) is 6.92 Å². The lowest BCUT2D eigenvalue weighted by Gasteiger charge is -2.14. The zero-order chi connectivity index (χ0) is 21.4. The average Bonchev–Trinajstić information content (AvgIpc) is 3.24. The van der Waals surface area contributed by atoms with Gasteiger partial charge in [-0.3, -0.25) is 19.3 Å². The summed E-state index contributed by atoms with van der Waals surface area (Å²) in [5.41, 5.74) is 1.94. The molecular weight excluding hydrogens is 391 g/mol. The van der Waals surface area contributed by atoms with Crippen molar-refractivity contribution in [3.05, 3.63) is 64.7 Å². The van der Waals surface area contributed by atoms with Gasteiger partial charge in [0.25, 0.3) is 11.8 Å². The number of halogens is 1. The Labute approximate surface area is 170 Å². The molecule has 0 fully saturated rings. The quantitative estimate of drug-likeness (QED) is 0.647. The van der Waals surface area contributed by atoms with Gasteiger partial charge in [0.15, 0.2) is 5.82 Å². The summed E-state index contributed by atoms with van der Waals surface area (Å²) in [6.45, 7) is 3.41. The summed E-state index contributed by atoms with van der Waals surface area (Å²) in [4.78, 5) is 38.3. The molecule has 0 unspecified atom stereocenters. The largest absolute Gasteiger partial charge is 0.323 e. The first-order valence-corrected chi connectivity index (χ1v) is 9.17. The Morgan fingerprint density at radius 2 is 1.83 bits per heavy atom. The van der Waals surface area contributed by atoms with Crippen molar-refractivity contribution in [1.29, 1.82) is 0 Å². The molecule has 3 aromatic rings. The number of nitrogens with zero attached hydrogens (tertiary/aromatic N) is 5. The number of imide groups is 1. The molecule has 0 saturated carbocycles. The summed E-state index contributed by atoms with van der Waals surface area (Å²) < 4.78 is 15.6. The van der Waals surface area contributed by atoms with Gasteiger partial charge in [-0.15, -0.1) is 5.10 Å². The lowest BCUT2D eigenvalue weighted by Crippen LogP contribution is -2.33. The molecule has 1 aliphatic heterocycles. The van der Waals surface area contributed by atoms with Crippen molar-refractivity contribution in [2.75, 3.05) is 11.9 Å². The molecule has 152 valence electrons. The third-order valence-corrected chi connectivity index (χ3v) is 4.78. The van der Waals surface area contributed by atoms with Crippen LogP contribution in [0.2, 0.25) is 0 Å². The molecule has 0 radical (unpaired) electrons. The smallest absolute Gasteiger partial charge is 0.261 e. The molecule has 0 atom stereocenters. The van der Waals surface area contributed by atoms with Crippen molar-refractivity contribution in [2.24, 2.45) is 0 Å². The highest BCUT2D eigenvalue weighted by molar-refractivity contribution is 6.21. The van der Waals surface area contributed by atoms with E-state index in [-0.39, 0.29) is 18.7 Å². The van der Waals surface area contributed by atoms with Crippen molar-refractivity contribution in [3.8, 4) is 5.69 Å². The Morgan fingerprint density at radius 3 is 2.57 bits per heavy atom. The van der Waals surface area contributed by atoms with E-state index in [2.05, 4.69) is 20.8 Å². The number of anilines is 1. The average molecular weight is 408 g/mol. The van der Waals surface area contributed by atoms with Gasteiger partial charge in [0.2, 0.25) is 5.91 Å². The summed E-state index contributed by atoms with van der Waals surface area (Å²) in [5.74, 6) is -1.54. The Balaban J connectivity index is 1.44. The number of hydrogen-bond donors (Lipinski definition) is 1. The summed E-state index contributed by atoms with van der Waals surface area (Å²) >= 11 is 0. The highest BCUT2D eigenvalue weighted by atomic mass is 19.1. The highest BCUT2D eigenvalue weighted by Crippen LogP contribution is 2.24. The zero-order valence-corrected chi connectivity index (χ0v) is 16.2. The van der Waals surface area contributed by atoms with Gasteiger partial charge < -0.3 is 5.32 Å². The standard InChI is InChI=1S/C20H17FN6O3/c1-11-3-5-14-15(9-11)20(30)26(19(14)29)8-7-18(28)22-17-10-13(4-6-16(17)21)27-12(2)23-24-25-27/h3-6,9-10H,7-8H2,1-2H3,(H,22,28). The topological polar surface area (TPSA) is 110 Å². The SMILES string of the molecule is Cc1ccc2c(c1)C(=O)N(CCC(=O)Nc1cc(-n3nnnc3C)ccc1F)C2=O. The van der Waals surface area contributed by atoms with Crippen molar-refractivity contribution in [1.82, 2.24) is 25.1 Å². The summed E-state index contributed by atoms with van der Waals surface area (Å²) in [5, 5.41) is 13.6. The molecule has 0 spiro atoms. The van der Waals surface area contributed by atoms with Crippen LogP contribution in [-0.2, 0) is 4.79 Å². The summed E-state index contributed by atoms with van der Waals surface area (Å²) in [7, 11) is 0. The Hall–Kier alpha value is -3.95. The number of amides is 3. The molecule has 3 amide bonds. The van der Waals surface area contributed by atoms with E-state index in [9.17, 15) is 18.8 Å². The first kappa shape index (κ1) is 19.4. The lowest BCUT2D eigenvalue weighted by atomic mass is 10.1. The number of hydrogen-bond acceptors (Lipinski definition) is 6. The van der Waals surface area contributed by atoms with Crippen LogP contribution in [0.3, 0.4) is 0 Å². The number of nitrogens with one attached hydrogen (secondary N) is 1. The molecule has 0 aliphatic carbocycles. The fraction of sp³-hybridized carbons (Fsp3) is 0.200. The van der Waals surface area contributed by atoms with Gasteiger partial charge >= 0.3 is 0 Å². The Kier molecular flexibility index (Phi) is 4.82. The minimum atomic E-state index is -0.631. The van der Waals surface area contributed by atoms with Crippen LogP contribution in [0.25, 0.3) is 5.69 Å². The molecule has 0 saturated heterocycles. The zero-order valence-electron chi connectivity index (χ0n) is 16.2. The molecular formula is C20H17FN6O3. The van der Waals surface area contributed by atoms with Crippen molar-refractivity contribution < 1.29 is 18.8 Å². The van der Waals surface area contributed by atoms with E-state index in [1.54, 1.807) is 25.1 Å². The maximum absolute atomic E-state index is 14.2. The van der Waals surface area contributed by atoms with E-state index in [0.29, 0.717) is 22.6 Å². The van der Waals surface area contributed by atoms with Crippen LogP contribution in [0.1, 0.15) is 38.5 Å². The van der Waals surface area contributed by atoms with Crippen LogP contribution < -0.4 is 5.32 Å². The van der Waals surface area contributed by atoms with Crippen LogP contribution >= 0.6 is 0 Å². The molecule has 2 heterocycles. The van der Waals surface area contributed by atoms with E-state index in [1.165, 1.54) is 22.9 Å². The minimum absolute atomic E-state index is 0.0506. The Morgan fingerprint density at radius 1 is 1.07 bits per heavy atom. The van der Waals surface area contributed by atoms with E-state index < -0.39 is 23.5 Å². The number of fused-ring (bicyclic) bond motifs is 1. The highest BCUT2D eigenvalue weighted by Gasteiger charge is 2.35. The van der Waals surface area contributed by atoms with Gasteiger partial charge in [0.1, 0.15) is 5.82 Å². The van der Waals surface area contributed by atoms with Crippen LogP contribution in [0.15, 0.2) is 36.4 Å². The first-order chi connectivity index (χ1) is 14.3. The summed E-state index contributed by atoms with van der Waals surface area (Å²) in [6, 6.07) is 9.09. The molecule has 1 aromatic heterocycles. The minimum Gasteiger partial charge on any atom is -0.323 e. The van der Waals surface area contributed by atoms with E-state index in [0.717, 1.165) is 10.5 Å². The number of aromatic nitrogens is 4. The lowest BCUT2D eigenvalue weighted by molar-refractivity contribution is -0.116. The molecule has 9 nitrogen and oxygen atoms in total. The third-order valence-electron chi connectivity index (χ3n) is 4.78. The maximum Gasteiger partial charge on any atom is 0.261 e. The molecule has 1 N–H and O–H groups in total. The van der Waals surface area contributed by atoms with Crippen LogP contribution in [0, 0.1) is 19.7 Å². The monoisotopic (exact) mass is 408 g/mol. The second-order valence-electron chi connectivity index (χ2n) is 6.91. The van der Waals surface area contributed by atoms with Crippen molar-refractivity contribution >= 4 is 23.4 Å². The van der Waals surface area contributed by atoms with E-state index in [4.69, 9.17) is 0 Å². The van der Waals surface area contributed by atoms with Crippen LogP contribution in [0.4, 0.5) is 10.1 Å². The van der Waals surface area contributed by atoms with Crippen molar-refractivity contribution in [3.63, 3.8) is 0 Å². The fourth-order valence-electron chi connectivity index (χ4n) is 3.24. The number of carbonyl (C=O) groups excluding carboxylic acids is 3. The predicted molar refractivity (Wildman–Crippen MR) is 104 cm³/mol.